The lowest BCUT2D eigenvalue weighted by Gasteiger charge is -2.22. The zero-order valence-electron chi connectivity index (χ0n) is 21.3. The third-order valence-electron chi connectivity index (χ3n) is 5.74. The first-order chi connectivity index (χ1) is 18.0. The Morgan fingerprint density at radius 2 is 1.95 bits per heavy atom. The van der Waals surface area contributed by atoms with E-state index in [0.717, 1.165) is 4.88 Å². The van der Waals surface area contributed by atoms with Crippen LogP contribution in [0.5, 0.6) is 0 Å². The Hall–Kier alpha value is -4.07. The molecule has 4 aromatic rings. The van der Waals surface area contributed by atoms with E-state index in [9.17, 15) is 19.6 Å². The molecular weight excluding hydrogens is 524 g/mol. The van der Waals surface area contributed by atoms with Crippen LogP contribution in [0.25, 0.3) is 11.4 Å². The van der Waals surface area contributed by atoms with E-state index in [0.29, 0.717) is 22.3 Å². The summed E-state index contributed by atoms with van der Waals surface area (Å²) in [5.74, 6) is -0.0979. The first-order valence-electron chi connectivity index (χ1n) is 11.7. The van der Waals surface area contributed by atoms with Gasteiger partial charge in [-0.15, -0.1) is 11.3 Å². The number of Topliss-reactive ketones (excluding diaryl/α,β-unsaturated/α-hetero) is 1. The molecule has 0 aliphatic carbocycles. The van der Waals surface area contributed by atoms with Crippen LogP contribution in [0, 0.1) is 16.7 Å². The quantitative estimate of drug-likeness (QED) is 0.302. The monoisotopic (exact) mass is 548 g/mol. The van der Waals surface area contributed by atoms with E-state index in [4.69, 9.17) is 11.6 Å². The van der Waals surface area contributed by atoms with Gasteiger partial charge in [0.2, 0.25) is 0 Å². The first-order valence-corrected chi connectivity index (χ1v) is 12.9. The van der Waals surface area contributed by atoms with Gasteiger partial charge in [-0.2, -0.15) is 15.0 Å². The van der Waals surface area contributed by atoms with Crippen LogP contribution < -0.4 is 10.5 Å². The van der Waals surface area contributed by atoms with Crippen molar-refractivity contribution in [2.75, 3.05) is 11.9 Å². The van der Waals surface area contributed by atoms with Gasteiger partial charge in [0, 0.05) is 47.4 Å². The van der Waals surface area contributed by atoms with Gasteiger partial charge in [0.1, 0.15) is 11.5 Å². The molecule has 0 fully saturated rings. The second kappa shape index (κ2) is 10.7. The van der Waals surface area contributed by atoms with Crippen LogP contribution in [0.2, 0.25) is 4.34 Å². The molecule has 0 N–H and O–H groups in total. The Morgan fingerprint density at radius 1 is 1.18 bits per heavy atom. The van der Waals surface area contributed by atoms with Gasteiger partial charge in [-0.25, -0.2) is 0 Å². The molecule has 0 amide bonds. The summed E-state index contributed by atoms with van der Waals surface area (Å²) in [7, 11) is 1.82. The fourth-order valence-electron chi connectivity index (χ4n) is 3.79. The highest BCUT2D eigenvalue weighted by molar-refractivity contribution is 7.16. The highest BCUT2D eigenvalue weighted by Gasteiger charge is 2.29. The standard InChI is InChI=1S/C27H25ClN6O3S/c1-27(2,3)26(37)34-24(32(4)15-19-7-8-23(28)38-19)12-20(31-34)21-10-17(13-29)11-25(36)33(21)16-22(35)18-6-5-9-30-14-18/h5-12,14H,15-16H2,1-4H3. The molecule has 4 heterocycles. The number of rotatable bonds is 7. The highest BCUT2D eigenvalue weighted by Crippen LogP contribution is 2.30. The lowest BCUT2D eigenvalue weighted by molar-refractivity contribution is 0.0750. The van der Waals surface area contributed by atoms with Crippen LogP contribution in [-0.4, -0.2) is 38.1 Å². The number of pyridine rings is 2. The van der Waals surface area contributed by atoms with Gasteiger partial charge >= 0.3 is 0 Å². The summed E-state index contributed by atoms with van der Waals surface area (Å²) in [4.78, 5) is 46.2. The number of carbonyl (C=O) groups is 2. The second-order valence-corrected chi connectivity index (χ2v) is 11.5. The Kier molecular flexibility index (Phi) is 7.62. The molecule has 0 spiro atoms. The third-order valence-corrected chi connectivity index (χ3v) is 6.96. The number of thiophene rings is 1. The zero-order valence-corrected chi connectivity index (χ0v) is 22.9. The minimum atomic E-state index is -0.754. The van der Waals surface area contributed by atoms with Crippen LogP contribution in [0.1, 0.15) is 46.4 Å². The number of ketones is 1. The summed E-state index contributed by atoms with van der Waals surface area (Å²) in [6, 6.07) is 13.3. The molecule has 11 heteroatoms. The van der Waals surface area contributed by atoms with Gasteiger partial charge in [0.05, 0.1) is 34.8 Å². The van der Waals surface area contributed by atoms with Crippen molar-refractivity contribution < 1.29 is 9.59 Å². The average molecular weight is 549 g/mol. The van der Waals surface area contributed by atoms with Gasteiger partial charge in [0.15, 0.2) is 5.78 Å². The maximum Gasteiger partial charge on any atom is 0.254 e. The summed E-state index contributed by atoms with van der Waals surface area (Å²) in [6.07, 6.45) is 2.98. The average Bonchev–Trinajstić information content (AvgIpc) is 3.50. The molecule has 0 aromatic carbocycles. The number of nitrogens with zero attached hydrogens (tertiary/aromatic N) is 6. The van der Waals surface area contributed by atoms with Gasteiger partial charge in [-0.3, -0.25) is 23.9 Å². The van der Waals surface area contributed by atoms with E-state index in [1.165, 1.54) is 38.9 Å². The van der Waals surface area contributed by atoms with Crippen LogP contribution >= 0.6 is 22.9 Å². The summed E-state index contributed by atoms with van der Waals surface area (Å²) in [5.41, 5.74) is -0.290. The molecule has 0 bridgehead atoms. The van der Waals surface area contributed by atoms with Crippen LogP contribution in [0.15, 0.2) is 59.7 Å². The molecule has 0 saturated carbocycles. The van der Waals surface area contributed by atoms with E-state index in [1.807, 2.05) is 30.1 Å². The predicted molar refractivity (Wildman–Crippen MR) is 147 cm³/mol. The number of nitriles is 1. The summed E-state index contributed by atoms with van der Waals surface area (Å²) in [5, 5.41) is 14.1. The van der Waals surface area contributed by atoms with Gasteiger partial charge < -0.3 is 4.90 Å². The normalized spacial score (nSPS) is 11.3. The first kappa shape index (κ1) is 27.0. The van der Waals surface area contributed by atoms with Crippen LogP contribution in [0.3, 0.4) is 0 Å². The summed E-state index contributed by atoms with van der Waals surface area (Å²) >= 11 is 7.53. The van der Waals surface area contributed by atoms with Crippen molar-refractivity contribution in [3.8, 4) is 17.5 Å². The van der Waals surface area contributed by atoms with Crippen molar-refractivity contribution in [1.29, 1.82) is 5.26 Å². The number of halogens is 1. The van der Waals surface area contributed by atoms with Gasteiger partial charge in [0.25, 0.3) is 11.5 Å². The van der Waals surface area contributed by atoms with Crippen LogP contribution in [-0.2, 0) is 13.1 Å². The van der Waals surface area contributed by atoms with Crippen molar-refractivity contribution in [2.45, 2.75) is 33.9 Å². The number of hydrogen-bond donors (Lipinski definition) is 0. The van der Waals surface area contributed by atoms with Gasteiger partial charge in [-0.05, 0) is 30.3 Å². The summed E-state index contributed by atoms with van der Waals surface area (Å²) in [6.45, 7) is 5.55. The molecule has 0 aliphatic rings. The molecular formula is C27H25ClN6O3S. The number of carbonyl (C=O) groups excluding carboxylic acids is 2. The molecule has 0 radical (unpaired) electrons. The topological polar surface area (TPSA) is 114 Å². The molecule has 194 valence electrons. The largest absolute Gasteiger partial charge is 0.354 e. The summed E-state index contributed by atoms with van der Waals surface area (Å²) < 4.78 is 3.22. The minimum absolute atomic E-state index is 0.120. The maximum absolute atomic E-state index is 13.4. The second-order valence-electron chi connectivity index (χ2n) is 9.75. The Bertz CT molecular complexity index is 1610. The van der Waals surface area contributed by atoms with Crippen molar-refractivity contribution in [3.63, 3.8) is 0 Å². The number of hydrogen-bond acceptors (Lipinski definition) is 8. The van der Waals surface area contributed by atoms with Crippen LogP contribution in [0.4, 0.5) is 5.82 Å². The maximum atomic E-state index is 13.4. The van der Waals surface area contributed by atoms with E-state index in [-0.39, 0.29) is 35.2 Å². The van der Waals surface area contributed by atoms with Crippen molar-refractivity contribution in [3.05, 3.63) is 85.6 Å². The van der Waals surface area contributed by atoms with E-state index in [1.54, 1.807) is 45.2 Å². The highest BCUT2D eigenvalue weighted by atomic mass is 35.5. The molecule has 4 aromatic heterocycles. The van der Waals surface area contributed by atoms with Crippen molar-refractivity contribution >= 4 is 40.4 Å². The predicted octanol–water partition coefficient (Wildman–Crippen LogP) is 4.90. The molecule has 0 aliphatic heterocycles. The smallest absolute Gasteiger partial charge is 0.254 e. The molecule has 0 atom stereocenters. The zero-order chi connectivity index (χ0) is 27.6. The fraction of sp³-hybridized carbons (Fsp3) is 0.259. The molecule has 0 unspecified atom stereocenters. The molecule has 38 heavy (non-hydrogen) atoms. The lowest BCUT2D eigenvalue weighted by atomic mass is 9.96. The third kappa shape index (κ3) is 5.74. The number of anilines is 1. The Balaban J connectivity index is 1.84. The van der Waals surface area contributed by atoms with Crippen molar-refractivity contribution in [1.82, 2.24) is 19.3 Å². The molecule has 0 saturated heterocycles. The Labute approximate surface area is 228 Å². The fourth-order valence-corrected chi connectivity index (χ4v) is 4.93. The Morgan fingerprint density at radius 3 is 2.55 bits per heavy atom. The minimum Gasteiger partial charge on any atom is -0.354 e. The van der Waals surface area contributed by atoms with E-state index in [2.05, 4.69) is 10.1 Å². The van der Waals surface area contributed by atoms with E-state index >= 15 is 0 Å². The van der Waals surface area contributed by atoms with E-state index < -0.39 is 11.0 Å². The molecule has 4 rings (SSSR count). The van der Waals surface area contributed by atoms with Crippen molar-refractivity contribution in [2.24, 2.45) is 5.41 Å². The molecule has 9 nitrogen and oxygen atoms in total. The van der Waals surface area contributed by atoms with Gasteiger partial charge in [-0.1, -0.05) is 32.4 Å². The SMILES string of the molecule is CN(Cc1ccc(Cl)s1)c1cc(-c2cc(C#N)cc(=O)n2CC(=O)c2cccnc2)nn1C(=O)C(C)(C)C. The lowest BCUT2D eigenvalue weighted by Crippen LogP contribution is -2.31. The number of aromatic nitrogens is 4.